The molecule has 0 heterocycles. The number of rotatable bonds is 3. The highest BCUT2D eigenvalue weighted by Gasteiger charge is 2.23. The van der Waals surface area contributed by atoms with E-state index >= 15 is 0 Å². The molecular formula is C9H17ClO2. The van der Waals surface area contributed by atoms with Gasteiger partial charge in [-0.25, -0.2) is 0 Å². The molecule has 0 aromatic rings. The van der Waals surface area contributed by atoms with E-state index in [0.717, 1.165) is 0 Å². The Morgan fingerprint density at radius 1 is 1.50 bits per heavy atom. The maximum atomic E-state index is 11.2. The first-order chi connectivity index (χ1) is 5.38. The molecule has 0 saturated carbocycles. The molecule has 0 N–H and O–H groups in total. The van der Waals surface area contributed by atoms with Crippen LogP contribution in [-0.2, 0) is 9.53 Å². The maximum Gasteiger partial charge on any atom is 0.311 e. The highest BCUT2D eigenvalue weighted by Crippen LogP contribution is 2.15. The van der Waals surface area contributed by atoms with Crippen LogP contribution in [0.4, 0.5) is 0 Å². The lowest BCUT2D eigenvalue weighted by Crippen LogP contribution is -2.25. The monoisotopic (exact) mass is 192 g/mol. The topological polar surface area (TPSA) is 26.3 Å². The van der Waals surface area contributed by atoms with E-state index in [2.05, 4.69) is 0 Å². The quantitative estimate of drug-likeness (QED) is 0.507. The number of hydrogen-bond acceptors (Lipinski definition) is 2. The van der Waals surface area contributed by atoms with Crippen LogP contribution in [0.2, 0.25) is 0 Å². The predicted octanol–water partition coefficient (Wildman–Crippen LogP) is 2.45. The third-order valence-corrected chi connectivity index (χ3v) is 1.90. The van der Waals surface area contributed by atoms with Gasteiger partial charge in [-0.15, -0.1) is 11.6 Å². The number of esters is 1. The minimum atomic E-state index is -0.411. The zero-order valence-electron chi connectivity index (χ0n) is 8.19. The standard InChI is InChI=1S/C9H17ClO2/c1-7(5-10)6-12-8(11)9(2,3)4/h7H,5-6H2,1-4H3. The molecule has 0 aliphatic carbocycles. The molecule has 0 saturated heterocycles. The molecule has 1 atom stereocenters. The van der Waals surface area contributed by atoms with E-state index in [-0.39, 0.29) is 11.9 Å². The van der Waals surface area contributed by atoms with Crippen LogP contribution in [0, 0.1) is 11.3 Å². The summed E-state index contributed by atoms with van der Waals surface area (Å²) in [5.41, 5.74) is -0.411. The molecule has 0 spiro atoms. The van der Waals surface area contributed by atoms with Crippen LogP contribution in [0.15, 0.2) is 0 Å². The van der Waals surface area contributed by atoms with Crippen molar-refractivity contribution >= 4 is 17.6 Å². The van der Waals surface area contributed by atoms with Crippen molar-refractivity contribution in [3.05, 3.63) is 0 Å². The van der Waals surface area contributed by atoms with Gasteiger partial charge in [-0.1, -0.05) is 6.92 Å². The van der Waals surface area contributed by atoms with Crippen molar-refractivity contribution in [1.29, 1.82) is 0 Å². The zero-order chi connectivity index (χ0) is 9.78. The van der Waals surface area contributed by atoms with E-state index in [0.29, 0.717) is 12.5 Å². The molecule has 0 fully saturated rings. The largest absolute Gasteiger partial charge is 0.465 e. The molecular weight excluding hydrogens is 176 g/mol. The third kappa shape index (κ3) is 4.60. The highest BCUT2D eigenvalue weighted by atomic mass is 35.5. The van der Waals surface area contributed by atoms with Crippen molar-refractivity contribution < 1.29 is 9.53 Å². The van der Waals surface area contributed by atoms with E-state index < -0.39 is 5.41 Å². The smallest absolute Gasteiger partial charge is 0.311 e. The molecule has 72 valence electrons. The first kappa shape index (κ1) is 11.8. The lowest BCUT2D eigenvalue weighted by atomic mass is 9.97. The SMILES string of the molecule is CC(CCl)COC(=O)C(C)(C)C. The molecule has 1 unspecified atom stereocenters. The number of hydrogen-bond donors (Lipinski definition) is 0. The molecule has 0 rings (SSSR count). The number of halogens is 1. The lowest BCUT2D eigenvalue weighted by Gasteiger charge is -2.17. The molecule has 12 heavy (non-hydrogen) atoms. The zero-order valence-corrected chi connectivity index (χ0v) is 8.94. The summed E-state index contributed by atoms with van der Waals surface area (Å²) in [7, 11) is 0. The summed E-state index contributed by atoms with van der Waals surface area (Å²) in [4.78, 5) is 11.2. The van der Waals surface area contributed by atoms with Crippen LogP contribution in [0.25, 0.3) is 0 Å². The van der Waals surface area contributed by atoms with Crippen LogP contribution < -0.4 is 0 Å². The fourth-order valence-electron chi connectivity index (χ4n) is 0.479. The van der Waals surface area contributed by atoms with Crippen LogP contribution in [0.1, 0.15) is 27.7 Å². The molecule has 2 nitrogen and oxygen atoms in total. The first-order valence-electron chi connectivity index (χ1n) is 4.11. The van der Waals surface area contributed by atoms with Crippen molar-refractivity contribution in [2.45, 2.75) is 27.7 Å². The number of ether oxygens (including phenoxy) is 1. The summed E-state index contributed by atoms with van der Waals surface area (Å²) >= 11 is 5.56. The summed E-state index contributed by atoms with van der Waals surface area (Å²) in [5, 5.41) is 0. The van der Waals surface area contributed by atoms with Crippen LogP contribution in [0.3, 0.4) is 0 Å². The van der Waals surface area contributed by atoms with Gasteiger partial charge in [0.25, 0.3) is 0 Å². The van der Waals surface area contributed by atoms with Crippen molar-refractivity contribution in [2.75, 3.05) is 12.5 Å². The minimum Gasteiger partial charge on any atom is -0.465 e. The number of carbonyl (C=O) groups excluding carboxylic acids is 1. The van der Waals surface area contributed by atoms with E-state index in [1.54, 1.807) is 0 Å². The Kier molecular flexibility index (Phi) is 4.61. The van der Waals surface area contributed by atoms with Crippen LogP contribution in [-0.4, -0.2) is 18.5 Å². The van der Waals surface area contributed by atoms with Gasteiger partial charge in [0.1, 0.15) is 0 Å². The van der Waals surface area contributed by atoms with Gasteiger partial charge in [-0.05, 0) is 20.8 Å². The number of alkyl halides is 1. The average molecular weight is 193 g/mol. The Hall–Kier alpha value is -0.240. The molecule has 0 bridgehead atoms. The van der Waals surface area contributed by atoms with Crippen molar-refractivity contribution in [1.82, 2.24) is 0 Å². The fraction of sp³-hybridized carbons (Fsp3) is 0.889. The summed E-state index contributed by atoms with van der Waals surface area (Å²) in [6, 6.07) is 0. The Bertz CT molecular complexity index is 149. The molecule has 0 aromatic heterocycles. The van der Waals surface area contributed by atoms with Gasteiger partial charge in [0.15, 0.2) is 0 Å². The molecule has 0 aliphatic rings. The Balaban J connectivity index is 3.73. The van der Waals surface area contributed by atoms with Gasteiger partial charge in [0, 0.05) is 11.8 Å². The summed E-state index contributed by atoms with van der Waals surface area (Å²) in [6.45, 7) is 7.87. The van der Waals surface area contributed by atoms with Gasteiger partial charge in [0.2, 0.25) is 0 Å². The normalized spacial score (nSPS) is 14.1. The van der Waals surface area contributed by atoms with E-state index in [1.807, 2.05) is 27.7 Å². The average Bonchev–Trinajstić information content (AvgIpc) is 1.97. The Morgan fingerprint density at radius 3 is 2.33 bits per heavy atom. The Labute approximate surface area is 79.2 Å². The van der Waals surface area contributed by atoms with Crippen LogP contribution in [0.5, 0.6) is 0 Å². The highest BCUT2D eigenvalue weighted by molar-refractivity contribution is 6.18. The van der Waals surface area contributed by atoms with Crippen molar-refractivity contribution in [2.24, 2.45) is 11.3 Å². The first-order valence-corrected chi connectivity index (χ1v) is 4.64. The molecule has 0 radical (unpaired) electrons. The minimum absolute atomic E-state index is 0.167. The molecule has 0 amide bonds. The predicted molar refractivity (Wildman–Crippen MR) is 50.3 cm³/mol. The lowest BCUT2D eigenvalue weighted by molar-refractivity contribution is -0.153. The molecule has 0 aromatic carbocycles. The second-order valence-electron chi connectivity index (χ2n) is 4.11. The van der Waals surface area contributed by atoms with Gasteiger partial charge < -0.3 is 4.74 Å². The molecule has 3 heteroatoms. The molecule has 0 aliphatic heterocycles. The second kappa shape index (κ2) is 4.70. The maximum absolute atomic E-state index is 11.2. The van der Waals surface area contributed by atoms with Crippen molar-refractivity contribution in [3.8, 4) is 0 Å². The second-order valence-corrected chi connectivity index (χ2v) is 4.42. The van der Waals surface area contributed by atoms with E-state index in [9.17, 15) is 4.79 Å². The summed E-state index contributed by atoms with van der Waals surface area (Å²) in [5.74, 6) is 0.592. The third-order valence-electron chi connectivity index (χ3n) is 1.37. The van der Waals surface area contributed by atoms with Gasteiger partial charge in [-0.3, -0.25) is 4.79 Å². The van der Waals surface area contributed by atoms with E-state index in [1.165, 1.54) is 0 Å². The van der Waals surface area contributed by atoms with Gasteiger partial charge in [-0.2, -0.15) is 0 Å². The van der Waals surface area contributed by atoms with Crippen LogP contribution >= 0.6 is 11.6 Å². The summed E-state index contributed by atoms with van der Waals surface area (Å²) in [6.07, 6.45) is 0. The number of carbonyl (C=O) groups is 1. The van der Waals surface area contributed by atoms with Gasteiger partial charge >= 0.3 is 5.97 Å². The summed E-state index contributed by atoms with van der Waals surface area (Å²) < 4.78 is 5.04. The van der Waals surface area contributed by atoms with E-state index in [4.69, 9.17) is 16.3 Å². The van der Waals surface area contributed by atoms with Crippen molar-refractivity contribution in [3.63, 3.8) is 0 Å². The fourth-order valence-corrected chi connectivity index (χ4v) is 0.568. The van der Waals surface area contributed by atoms with Gasteiger partial charge in [0.05, 0.1) is 12.0 Å². The Morgan fingerprint density at radius 2 is 2.00 bits per heavy atom.